The third-order valence-electron chi connectivity index (χ3n) is 2.62. The minimum atomic E-state index is -5.04. The van der Waals surface area contributed by atoms with Crippen LogP contribution in [-0.2, 0) is 19.1 Å². The minimum Gasteiger partial charge on any atom is -0.469 e. The van der Waals surface area contributed by atoms with Crippen LogP contribution >= 0.6 is 0 Å². The molecule has 3 unspecified atom stereocenters. The third-order valence-corrected chi connectivity index (χ3v) is 2.62. The highest BCUT2D eigenvalue weighted by molar-refractivity contribution is 5.76. The number of carbonyl (C=O) groups is 2. The highest BCUT2D eigenvalue weighted by atomic mass is 19.4. The van der Waals surface area contributed by atoms with Crippen LogP contribution in [0.1, 0.15) is 19.8 Å². The first-order valence-electron chi connectivity index (χ1n) is 5.35. The van der Waals surface area contributed by atoms with E-state index in [1.807, 2.05) is 0 Å². The molecule has 0 bridgehead atoms. The van der Waals surface area contributed by atoms with Crippen molar-refractivity contribution in [3.63, 3.8) is 0 Å². The Bertz CT molecular complexity index is 332. The molecule has 0 radical (unpaired) electrons. The summed E-state index contributed by atoms with van der Waals surface area (Å²) in [5.74, 6) is -3.36. The second-order valence-electron chi connectivity index (χ2n) is 4.15. The Kier molecular flexibility index (Phi) is 4.55. The van der Waals surface area contributed by atoms with Crippen molar-refractivity contribution in [2.24, 2.45) is 5.92 Å². The summed E-state index contributed by atoms with van der Waals surface area (Å²) in [6.45, 7) is 1.68. The molecule has 1 heterocycles. The summed E-state index contributed by atoms with van der Waals surface area (Å²) >= 11 is 0. The Balaban J connectivity index is 2.61. The van der Waals surface area contributed by atoms with Crippen molar-refractivity contribution < 1.29 is 32.2 Å². The van der Waals surface area contributed by atoms with E-state index in [2.05, 4.69) is 14.8 Å². The molecule has 1 saturated heterocycles. The molecule has 0 spiro atoms. The van der Waals surface area contributed by atoms with Gasteiger partial charge in [-0.05, 0) is 13.3 Å². The molecule has 1 N–H and O–H groups in total. The average molecular weight is 269 g/mol. The van der Waals surface area contributed by atoms with Gasteiger partial charge in [0.2, 0.25) is 0 Å². The highest BCUT2D eigenvalue weighted by Gasteiger charge is 2.44. The van der Waals surface area contributed by atoms with Gasteiger partial charge in [-0.2, -0.15) is 13.2 Å². The van der Waals surface area contributed by atoms with Gasteiger partial charge in [0.25, 0.3) is 0 Å². The van der Waals surface area contributed by atoms with E-state index < -0.39 is 30.3 Å². The molecule has 3 atom stereocenters. The predicted octanol–water partition coefficient (Wildman–Crippen LogP) is 0.979. The van der Waals surface area contributed by atoms with E-state index in [9.17, 15) is 22.8 Å². The summed E-state index contributed by atoms with van der Waals surface area (Å²) in [5.41, 5.74) is 0. The summed E-state index contributed by atoms with van der Waals surface area (Å²) in [6, 6.07) is -0.242. The zero-order valence-electron chi connectivity index (χ0n) is 9.91. The van der Waals surface area contributed by atoms with Crippen LogP contribution in [0.2, 0.25) is 0 Å². The molecule has 104 valence electrons. The Labute approximate surface area is 102 Å². The van der Waals surface area contributed by atoms with Gasteiger partial charge in [0.15, 0.2) is 6.23 Å². The Morgan fingerprint density at radius 2 is 1.89 bits per heavy atom. The molecule has 0 aromatic carbocycles. The Hall–Kier alpha value is -1.31. The maximum atomic E-state index is 12.0. The van der Waals surface area contributed by atoms with Crippen molar-refractivity contribution >= 4 is 11.9 Å². The summed E-state index contributed by atoms with van der Waals surface area (Å²) in [4.78, 5) is 22.0. The molecule has 0 aliphatic carbocycles. The maximum absolute atomic E-state index is 12.0. The van der Waals surface area contributed by atoms with E-state index in [1.165, 1.54) is 7.11 Å². The van der Waals surface area contributed by atoms with Gasteiger partial charge in [-0.25, -0.2) is 4.79 Å². The second kappa shape index (κ2) is 5.55. The number of hydrogen-bond acceptors (Lipinski definition) is 5. The fourth-order valence-electron chi connectivity index (χ4n) is 1.87. The maximum Gasteiger partial charge on any atom is 0.490 e. The van der Waals surface area contributed by atoms with Crippen molar-refractivity contribution in [2.75, 3.05) is 7.11 Å². The number of hydrogen-bond donors (Lipinski definition) is 1. The lowest BCUT2D eigenvalue weighted by Crippen LogP contribution is -2.49. The number of carbonyl (C=O) groups excluding carboxylic acids is 2. The van der Waals surface area contributed by atoms with Crippen molar-refractivity contribution in [1.82, 2.24) is 5.32 Å². The van der Waals surface area contributed by atoms with E-state index in [0.717, 1.165) is 0 Å². The number of alkyl halides is 3. The summed E-state index contributed by atoms with van der Waals surface area (Å²) in [6.07, 6.45) is -5.78. The number of rotatable bonds is 2. The van der Waals surface area contributed by atoms with Gasteiger partial charge in [-0.15, -0.1) is 0 Å². The molecule has 0 aromatic heterocycles. The lowest BCUT2D eigenvalue weighted by atomic mass is 9.92. The van der Waals surface area contributed by atoms with E-state index in [4.69, 9.17) is 0 Å². The number of halogens is 3. The van der Waals surface area contributed by atoms with Crippen LogP contribution in [0.3, 0.4) is 0 Å². The summed E-state index contributed by atoms with van der Waals surface area (Å²) < 4.78 is 44.9. The second-order valence-corrected chi connectivity index (χ2v) is 4.15. The fraction of sp³-hybridized carbons (Fsp3) is 0.800. The van der Waals surface area contributed by atoms with Crippen molar-refractivity contribution in [1.29, 1.82) is 0 Å². The van der Waals surface area contributed by atoms with Crippen LogP contribution < -0.4 is 5.32 Å². The van der Waals surface area contributed by atoms with Gasteiger partial charge in [0.1, 0.15) is 0 Å². The van der Waals surface area contributed by atoms with Crippen molar-refractivity contribution in [3.8, 4) is 0 Å². The molecular weight excluding hydrogens is 255 g/mol. The smallest absolute Gasteiger partial charge is 0.469 e. The molecule has 18 heavy (non-hydrogen) atoms. The number of ether oxygens (including phenoxy) is 2. The van der Waals surface area contributed by atoms with Gasteiger partial charge < -0.3 is 9.47 Å². The van der Waals surface area contributed by atoms with Gasteiger partial charge in [0, 0.05) is 12.5 Å². The van der Waals surface area contributed by atoms with E-state index in [-0.39, 0.29) is 12.5 Å². The molecule has 0 amide bonds. The number of nitrogens with one attached hydrogen (secondary N) is 1. The largest absolute Gasteiger partial charge is 0.490 e. The quantitative estimate of drug-likeness (QED) is 0.757. The zero-order valence-corrected chi connectivity index (χ0v) is 9.91. The third kappa shape index (κ3) is 3.86. The molecule has 5 nitrogen and oxygen atoms in total. The van der Waals surface area contributed by atoms with E-state index in [1.54, 1.807) is 6.92 Å². The molecule has 1 fully saturated rings. The predicted molar refractivity (Wildman–Crippen MR) is 53.3 cm³/mol. The summed E-state index contributed by atoms with van der Waals surface area (Å²) in [5, 5.41) is 2.68. The van der Waals surface area contributed by atoms with Crippen LogP contribution in [0.4, 0.5) is 13.2 Å². The minimum absolute atomic E-state index is 0.0289. The van der Waals surface area contributed by atoms with Crippen LogP contribution in [0, 0.1) is 5.92 Å². The van der Waals surface area contributed by atoms with Gasteiger partial charge >= 0.3 is 18.1 Å². The fourth-order valence-corrected chi connectivity index (χ4v) is 1.87. The van der Waals surface area contributed by atoms with Gasteiger partial charge in [-0.1, -0.05) is 0 Å². The lowest BCUT2D eigenvalue weighted by molar-refractivity contribution is -0.208. The molecule has 1 aliphatic heterocycles. The molecule has 0 aromatic rings. The van der Waals surface area contributed by atoms with Gasteiger partial charge in [0.05, 0.1) is 13.0 Å². The molecular formula is C10H14F3NO4. The molecule has 1 aliphatic rings. The number of esters is 2. The first kappa shape index (κ1) is 14.7. The average Bonchev–Trinajstić information content (AvgIpc) is 2.25. The zero-order chi connectivity index (χ0) is 13.9. The molecule has 1 rings (SSSR count). The lowest BCUT2D eigenvalue weighted by Gasteiger charge is -2.32. The standard InChI is InChI=1S/C10H14F3NO4/c1-5-3-6(8(15)17-2)4-7(14-5)18-9(16)10(11,12)13/h5-7,14H,3-4H2,1-2H3. The first-order valence-corrected chi connectivity index (χ1v) is 5.35. The molecule has 0 saturated carbocycles. The highest BCUT2D eigenvalue weighted by Crippen LogP contribution is 2.24. The monoisotopic (exact) mass is 269 g/mol. The SMILES string of the molecule is COC(=O)C1CC(C)NC(OC(=O)C(F)(F)F)C1. The van der Waals surface area contributed by atoms with Crippen LogP contribution in [0.25, 0.3) is 0 Å². The Morgan fingerprint density at radius 1 is 1.28 bits per heavy atom. The van der Waals surface area contributed by atoms with E-state index in [0.29, 0.717) is 6.42 Å². The van der Waals surface area contributed by atoms with Crippen molar-refractivity contribution in [3.05, 3.63) is 0 Å². The molecule has 8 heteroatoms. The topological polar surface area (TPSA) is 64.6 Å². The van der Waals surface area contributed by atoms with Crippen LogP contribution in [0.15, 0.2) is 0 Å². The normalized spacial score (nSPS) is 28.6. The van der Waals surface area contributed by atoms with Crippen LogP contribution in [-0.4, -0.2) is 37.5 Å². The van der Waals surface area contributed by atoms with Crippen molar-refractivity contribution in [2.45, 2.75) is 38.2 Å². The van der Waals surface area contributed by atoms with Gasteiger partial charge in [-0.3, -0.25) is 10.1 Å². The van der Waals surface area contributed by atoms with E-state index >= 15 is 0 Å². The van der Waals surface area contributed by atoms with Crippen LogP contribution in [0.5, 0.6) is 0 Å². The number of methoxy groups -OCH3 is 1. The first-order chi connectivity index (χ1) is 8.24. The Morgan fingerprint density at radius 3 is 2.39 bits per heavy atom. The number of piperidine rings is 1. The summed E-state index contributed by atoms with van der Waals surface area (Å²) in [7, 11) is 1.20.